The van der Waals surface area contributed by atoms with E-state index in [1.54, 1.807) is 36.4 Å². The van der Waals surface area contributed by atoms with Gasteiger partial charge in [-0.3, -0.25) is 9.59 Å². The first-order valence-electron chi connectivity index (χ1n) is 7.15. The van der Waals surface area contributed by atoms with Gasteiger partial charge in [-0.05, 0) is 48.0 Å². The number of carbonyl (C=O) groups excluding carboxylic acids is 2. The van der Waals surface area contributed by atoms with Crippen LogP contribution in [-0.2, 0) is 9.59 Å². The third kappa shape index (κ3) is 5.35. The smallest absolute Gasteiger partial charge is 0.266 e. The fourth-order valence-corrected chi connectivity index (χ4v) is 2.42. The zero-order valence-corrected chi connectivity index (χ0v) is 14.7. The highest BCUT2D eigenvalue weighted by molar-refractivity contribution is 6.35. The summed E-state index contributed by atoms with van der Waals surface area (Å²) in [6.45, 7) is 1.40. The van der Waals surface area contributed by atoms with E-state index in [9.17, 15) is 14.9 Å². The molecule has 0 spiro atoms. The molecule has 0 aliphatic rings. The molecule has 5 nitrogen and oxygen atoms in total. The first-order valence-corrected chi connectivity index (χ1v) is 7.90. The summed E-state index contributed by atoms with van der Waals surface area (Å²) >= 11 is 11.9. The van der Waals surface area contributed by atoms with Crippen molar-refractivity contribution in [3.05, 3.63) is 63.6 Å². The van der Waals surface area contributed by atoms with Gasteiger partial charge in [-0.1, -0.05) is 29.3 Å². The highest BCUT2D eigenvalue weighted by atomic mass is 35.5. The lowest BCUT2D eigenvalue weighted by Gasteiger charge is -2.07. The fraction of sp³-hybridized carbons (Fsp3) is 0.0556. The summed E-state index contributed by atoms with van der Waals surface area (Å²) < 4.78 is 0. The van der Waals surface area contributed by atoms with Crippen LogP contribution in [0.3, 0.4) is 0 Å². The van der Waals surface area contributed by atoms with Gasteiger partial charge in [0.25, 0.3) is 5.91 Å². The molecule has 0 radical (unpaired) electrons. The topological polar surface area (TPSA) is 82.0 Å². The molecule has 7 heteroatoms. The Labute approximate surface area is 154 Å². The Morgan fingerprint density at radius 2 is 1.64 bits per heavy atom. The number of nitrogens with zero attached hydrogens (tertiary/aromatic N) is 1. The molecule has 0 bridgehead atoms. The SMILES string of the molecule is CC(=O)Nc1ccc(NC(=O)/C(C#N)=C/c2ccc(Cl)cc2Cl)cc1. The Morgan fingerprint density at radius 1 is 1.04 bits per heavy atom. The minimum absolute atomic E-state index is 0.102. The quantitative estimate of drug-likeness (QED) is 0.611. The number of nitriles is 1. The van der Waals surface area contributed by atoms with Gasteiger partial charge in [0.05, 0.1) is 0 Å². The average molecular weight is 374 g/mol. The van der Waals surface area contributed by atoms with Crippen LogP contribution in [0.25, 0.3) is 6.08 Å². The van der Waals surface area contributed by atoms with Crippen molar-refractivity contribution in [3.63, 3.8) is 0 Å². The van der Waals surface area contributed by atoms with E-state index in [4.69, 9.17) is 23.2 Å². The van der Waals surface area contributed by atoms with Crippen molar-refractivity contribution in [2.75, 3.05) is 10.6 Å². The molecule has 0 saturated heterocycles. The Balaban J connectivity index is 2.16. The van der Waals surface area contributed by atoms with E-state index in [0.29, 0.717) is 27.0 Å². The molecule has 0 heterocycles. The van der Waals surface area contributed by atoms with Crippen LogP contribution < -0.4 is 10.6 Å². The molecule has 0 unspecified atom stereocenters. The van der Waals surface area contributed by atoms with Gasteiger partial charge < -0.3 is 10.6 Å². The van der Waals surface area contributed by atoms with Crippen LogP contribution in [0.5, 0.6) is 0 Å². The summed E-state index contributed by atoms with van der Waals surface area (Å²) in [4.78, 5) is 23.2. The molecule has 2 aromatic carbocycles. The van der Waals surface area contributed by atoms with E-state index in [1.165, 1.54) is 19.1 Å². The number of anilines is 2. The zero-order valence-electron chi connectivity index (χ0n) is 13.1. The monoisotopic (exact) mass is 373 g/mol. The van der Waals surface area contributed by atoms with Gasteiger partial charge >= 0.3 is 0 Å². The Kier molecular flexibility index (Phi) is 6.18. The molecule has 0 aliphatic heterocycles. The van der Waals surface area contributed by atoms with Crippen LogP contribution in [0, 0.1) is 11.3 Å². The summed E-state index contributed by atoms with van der Waals surface area (Å²) in [5.74, 6) is -0.757. The lowest BCUT2D eigenvalue weighted by Crippen LogP contribution is -2.13. The molecule has 0 saturated carbocycles. The molecule has 2 amide bonds. The second-order valence-electron chi connectivity index (χ2n) is 5.05. The summed E-state index contributed by atoms with van der Waals surface area (Å²) in [5, 5.41) is 15.3. The van der Waals surface area contributed by atoms with Gasteiger partial charge in [0, 0.05) is 28.3 Å². The van der Waals surface area contributed by atoms with Crippen molar-refractivity contribution in [1.29, 1.82) is 5.26 Å². The second kappa shape index (κ2) is 8.34. The minimum Gasteiger partial charge on any atom is -0.326 e. The molecule has 126 valence electrons. The summed E-state index contributed by atoms with van der Waals surface area (Å²) in [5.41, 5.74) is 1.51. The maximum atomic E-state index is 12.2. The normalized spacial score (nSPS) is 10.7. The molecular weight excluding hydrogens is 361 g/mol. The summed E-state index contributed by atoms with van der Waals surface area (Å²) in [6.07, 6.45) is 1.39. The second-order valence-corrected chi connectivity index (χ2v) is 5.89. The number of nitrogens with one attached hydrogen (secondary N) is 2. The number of halogens is 2. The van der Waals surface area contributed by atoms with Gasteiger partial charge in [-0.15, -0.1) is 0 Å². The highest BCUT2D eigenvalue weighted by Gasteiger charge is 2.11. The van der Waals surface area contributed by atoms with Crippen molar-refractivity contribution in [1.82, 2.24) is 0 Å². The van der Waals surface area contributed by atoms with Gasteiger partial charge in [-0.25, -0.2) is 0 Å². The third-order valence-electron chi connectivity index (χ3n) is 3.09. The van der Waals surface area contributed by atoms with E-state index in [-0.39, 0.29) is 11.5 Å². The Hall–Kier alpha value is -2.81. The van der Waals surface area contributed by atoms with E-state index < -0.39 is 5.91 Å². The van der Waals surface area contributed by atoms with Crippen LogP contribution in [0.2, 0.25) is 10.0 Å². The van der Waals surface area contributed by atoms with Crippen molar-refractivity contribution in [2.24, 2.45) is 0 Å². The summed E-state index contributed by atoms with van der Waals surface area (Å²) in [7, 11) is 0. The lowest BCUT2D eigenvalue weighted by molar-refractivity contribution is -0.114. The molecule has 2 aromatic rings. The molecule has 0 fully saturated rings. The third-order valence-corrected chi connectivity index (χ3v) is 3.65. The van der Waals surface area contributed by atoms with Crippen LogP contribution in [0.4, 0.5) is 11.4 Å². The van der Waals surface area contributed by atoms with Crippen LogP contribution in [0.15, 0.2) is 48.0 Å². The number of rotatable bonds is 4. The number of hydrogen-bond donors (Lipinski definition) is 2. The number of benzene rings is 2. The van der Waals surface area contributed by atoms with E-state index >= 15 is 0 Å². The van der Waals surface area contributed by atoms with Crippen LogP contribution >= 0.6 is 23.2 Å². The lowest BCUT2D eigenvalue weighted by atomic mass is 10.1. The van der Waals surface area contributed by atoms with E-state index in [0.717, 1.165) is 0 Å². The minimum atomic E-state index is -0.569. The predicted octanol–water partition coefficient (Wildman–Crippen LogP) is 4.50. The van der Waals surface area contributed by atoms with Crippen molar-refractivity contribution in [2.45, 2.75) is 6.92 Å². The zero-order chi connectivity index (χ0) is 18.4. The van der Waals surface area contributed by atoms with Crippen molar-refractivity contribution >= 4 is 52.5 Å². The van der Waals surface area contributed by atoms with Crippen LogP contribution in [0.1, 0.15) is 12.5 Å². The molecule has 2 N–H and O–H groups in total. The molecule has 0 aliphatic carbocycles. The fourth-order valence-electron chi connectivity index (χ4n) is 1.96. The van der Waals surface area contributed by atoms with Gasteiger partial charge in [-0.2, -0.15) is 5.26 Å². The summed E-state index contributed by atoms with van der Waals surface area (Å²) in [6, 6.07) is 13.1. The Morgan fingerprint density at radius 3 is 2.16 bits per heavy atom. The number of carbonyl (C=O) groups is 2. The predicted molar refractivity (Wildman–Crippen MR) is 99.4 cm³/mol. The largest absolute Gasteiger partial charge is 0.326 e. The first-order chi connectivity index (χ1) is 11.9. The average Bonchev–Trinajstić information content (AvgIpc) is 2.55. The standard InChI is InChI=1S/C18H13Cl2N3O2/c1-11(24)22-15-4-6-16(7-5-15)23-18(25)13(10-21)8-12-2-3-14(19)9-17(12)20/h2-9H,1H3,(H,22,24)(H,23,25)/b13-8+. The number of amides is 2. The number of hydrogen-bond acceptors (Lipinski definition) is 3. The first kappa shape index (κ1) is 18.5. The maximum Gasteiger partial charge on any atom is 0.266 e. The maximum absolute atomic E-state index is 12.2. The van der Waals surface area contributed by atoms with Crippen LogP contribution in [-0.4, -0.2) is 11.8 Å². The Bertz CT molecular complexity index is 884. The van der Waals surface area contributed by atoms with Gasteiger partial charge in [0.1, 0.15) is 11.6 Å². The van der Waals surface area contributed by atoms with E-state index in [2.05, 4.69) is 10.6 Å². The van der Waals surface area contributed by atoms with Gasteiger partial charge in [0.2, 0.25) is 5.91 Å². The highest BCUT2D eigenvalue weighted by Crippen LogP contribution is 2.23. The van der Waals surface area contributed by atoms with Gasteiger partial charge in [0.15, 0.2) is 0 Å². The van der Waals surface area contributed by atoms with Crippen molar-refractivity contribution < 1.29 is 9.59 Å². The molecule has 0 atom stereocenters. The molecule has 0 aromatic heterocycles. The molecular formula is C18H13Cl2N3O2. The molecule has 25 heavy (non-hydrogen) atoms. The molecule has 2 rings (SSSR count). The van der Waals surface area contributed by atoms with Crippen molar-refractivity contribution in [3.8, 4) is 6.07 Å². The van der Waals surface area contributed by atoms with E-state index in [1.807, 2.05) is 6.07 Å².